The second-order valence-corrected chi connectivity index (χ2v) is 6.28. The minimum atomic E-state index is -0.640. The van der Waals surface area contributed by atoms with E-state index in [4.69, 9.17) is 17.3 Å². The number of hydrogen-bond acceptors (Lipinski definition) is 6. The number of urea groups is 1. The van der Waals surface area contributed by atoms with Crippen molar-refractivity contribution in [3.63, 3.8) is 0 Å². The van der Waals surface area contributed by atoms with E-state index in [0.29, 0.717) is 25.3 Å². The fourth-order valence-electron chi connectivity index (χ4n) is 3.18. The van der Waals surface area contributed by atoms with E-state index in [1.165, 1.54) is 4.90 Å². The van der Waals surface area contributed by atoms with E-state index in [1.807, 2.05) is 0 Å². The molecular formula is C14H19ClN6O2. The molecule has 1 saturated heterocycles. The average molecular weight is 339 g/mol. The zero-order valence-electron chi connectivity index (χ0n) is 12.6. The molecule has 124 valence electrons. The third-order valence-corrected chi connectivity index (χ3v) is 4.47. The van der Waals surface area contributed by atoms with Crippen molar-refractivity contribution in [2.24, 2.45) is 0 Å². The van der Waals surface area contributed by atoms with Crippen molar-refractivity contribution in [2.45, 2.75) is 37.6 Å². The number of carbonyl (C=O) groups is 2. The van der Waals surface area contributed by atoms with Crippen LogP contribution in [0.3, 0.4) is 0 Å². The van der Waals surface area contributed by atoms with Crippen LogP contribution in [0.2, 0.25) is 5.15 Å². The molecule has 0 atom stereocenters. The highest BCUT2D eigenvalue weighted by Gasteiger charge is 2.51. The van der Waals surface area contributed by atoms with Gasteiger partial charge >= 0.3 is 6.03 Å². The number of nitrogen functional groups attached to an aromatic ring is 1. The molecule has 0 bridgehead atoms. The van der Waals surface area contributed by atoms with Crippen molar-refractivity contribution >= 4 is 35.3 Å². The van der Waals surface area contributed by atoms with Gasteiger partial charge < -0.3 is 16.4 Å². The normalized spacial score (nSPS) is 19.4. The Kier molecular flexibility index (Phi) is 4.25. The summed E-state index contributed by atoms with van der Waals surface area (Å²) in [6, 6.07) is 1.28. The summed E-state index contributed by atoms with van der Waals surface area (Å²) in [5.41, 5.74) is 4.87. The number of imide groups is 1. The number of rotatable bonds is 5. The van der Waals surface area contributed by atoms with Gasteiger partial charge in [-0.2, -0.15) is 4.98 Å². The van der Waals surface area contributed by atoms with Crippen molar-refractivity contribution in [1.82, 2.24) is 20.2 Å². The first-order valence-corrected chi connectivity index (χ1v) is 8.06. The van der Waals surface area contributed by atoms with E-state index in [0.717, 1.165) is 25.7 Å². The fourth-order valence-corrected chi connectivity index (χ4v) is 3.37. The van der Waals surface area contributed by atoms with Crippen molar-refractivity contribution in [1.29, 1.82) is 0 Å². The van der Waals surface area contributed by atoms with Crippen LogP contribution in [-0.4, -0.2) is 45.4 Å². The maximum atomic E-state index is 12.5. The van der Waals surface area contributed by atoms with Gasteiger partial charge in [0.25, 0.3) is 5.91 Å². The molecule has 1 spiro atoms. The summed E-state index contributed by atoms with van der Waals surface area (Å²) in [7, 11) is 0. The second-order valence-electron chi connectivity index (χ2n) is 5.89. The Hall–Kier alpha value is -2.09. The van der Waals surface area contributed by atoms with Crippen LogP contribution in [0.1, 0.15) is 32.1 Å². The average Bonchev–Trinajstić information content (AvgIpc) is 3.03. The van der Waals surface area contributed by atoms with Gasteiger partial charge in [0, 0.05) is 19.2 Å². The molecule has 0 unspecified atom stereocenters. The van der Waals surface area contributed by atoms with Gasteiger partial charge in [-0.3, -0.25) is 9.69 Å². The number of hydrogen-bond donors (Lipinski definition) is 3. The SMILES string of the molecule is Nc1nc(Cl)cc(NCCCN2C(=O)NC3(CCCC3)C2=O)n1. The topological polar surface area (TPSA) is 113 Å². The van der Waals surface area contributed by atoms with Gasteiger partial charge in [0.15, 0.2) is 0 Å². The van der Waals surface area contributed by atoms with Crippen LogP contribution in [0.5, 0.6) is 0 Å². The number of nitrogens with one attached hydrogen (secondary N) is 2. The number of anilines is 2. The summed E-state index contributed by atoms with van der Waals surface area (Å²) < 4.78 is 0. The molecule has 8 nitrogen and oxygen atoms in total. The highest BCUT2D eigenvalue weighted by molar-refractivity contribution is 6.29. The van der Waals surface area contributed by atoms with E-state index in [9.17, 15) is 9.59 Å². The highest BCUT2D eigenvalue weighted by Crippen LogP contribution is 2.34. The van der Waals surface area contributed by atoms with Crippen molar-refractivity contribution < 1.29 is 9.59 Å². The minimum absolute atomic E-state index is 0.0886. The summed E-state index contributed by atoms with van der Waals surface area (Å²) in [5, 5.41) is 6.18. The fraction of sp³-hybridized carbons (Fsp3) is 0.571. The first kappa shape index (κ1) is 15.8. The largest absolute Gasteiger partial charge is 0.370 e. The third-order valence-electron chi connectivity index (χ3n) is 4.28. The number of carbonyl (C=O) groups excluding carboxylic acids is 2. The molecule has 1 aromatic heterocycles. The quantitative estimate of drug-likeness (QED) is 0.424. The Morgan fingerprint density at radius 2 is 2.09 bits per heavy atom. The van der Waals surface area contributed by atoms with Crippen LogP contribution >= 0.6 is 11.6 Å². The van der Waals surface area contributed by atoms with E-state index < -0.39 is 5.54 Å². The first-order chi connectivity index (χ1) is 11.0. The Morgan fingerprint density at radius 1 is 1.35 bits per heavy atom. The van der Waals surface area contributed by atoms with E-state index in [1.54, 1.807) is 6.07 Å². The van der Waals surface area contributed by atoms with Gasteiger partial charge in [-0.25, -0.2) is 9.78 Å². The molecular weight excluding hydrogens is 320 g/mol. The van der Waals surface area contributed by atoms with Gasteiger partial charge in [-0.1, -0.05) is 24.4 Å². The second kappa shape index (κ2) is 6.19. The molecule has 2 heterocycles. The van der Waals surface area contributed by atoms with E-state index in [2.05, 4.69) is 20.6 Å². The van der Waals surface area contributed by atoms with Crippen LogP contribution < -0.4 is 16.4 Å². The van der Waals surface area contributed by atoms with Crippen LogP contribution in [0.15, 0.2) is 6.07 Å². The lowest BCUT2D eigenvalue weighted by atomic mass is 9.98. The lowest BCUT2D eigenvalue weighted by Gasteiger charge is -2.20. The summed E-state index contributed by atoms with van der Waals surface area (Å²) in [4.78, 5) is 33.6. The zero-order valence-corrected chi connectivity index (χ0v) is 13.4. The Bertz CT molecular complexity index is 611. The highest BCUT2D eigenvalue weighted by atomic mass is 35.5. The van der Waals surface area contributed by atoms with E-state index in [-0.39, 0.29) is 23.0 Å². The lowest BCUT2D eigenvalue weighted by molar-refractivity contribution is -0.131. The molecule has 2 fully saturated rings. The molecule has 1 aliphatic heterocycles. The predicted octanol–water partition coefficient (Wildman–Crippen LogP) is 1.38. The van der Waals surface area contributed by atoms with Gasteiger partial charge in [0.2, 0.25) is 5.95 Å². The molecule has 3 rings (SSSR count). The molecule has 23 heavy (non-hydrogen) atoms. The Labute approximate surface area is 138 Å². The molecule has 0 aromatic carbocycles. The molecule has 2 aliphatic rings. The summed E-state index contributed by atoms with van der Waals surface area (Å²) in [5.74, 6) is 0.526. The molecule has 1 aliphatic carbocycles. The standard InChI is InChI=1S/C14H19ClN6O2/c15-9-8-10(19-12(16)18-9)17-6-3-7-21-11(22)14(20-13(21)23)4-1-2-5-14/h8H,1-7H2,(H,20,23)(H3,16,17,18,19). The number of amides is 3. The molecule has 9 heteroatoms. The number of halogens is 1. The molecule has 1 aromatic rings. The third kappa shape index (κ3) is 3.17. The van der Waals surface area contributed by atoms with Crippen LogP contribution in [0.4, 0.5) is 16.6 Å². The maximum Gasteiger partial charge on any atom is 0.325 e. The smallest absolute Gasteiger partial charge is 0.325 e. The van der Waals surface area contributed by atoms with Gasteiger partial charge in [0.05, 0.1) is 0 Å². The van der Waals surface area contributed by atoms with Gasteiger partial charge in [-0.15, -0.1) is 0 Å². The van der Waals surface area contributed by atoms with Crippen molar-refractivity contribution in [2.75, 3.05) is 24.1 Å². The predicted molar refractivity (Wildman–Crippen MR) is 86.0 cm³/mol. The first-order valence-electron chi connectivity index (χ1n) is 7.68. The van der Waals surface area contributed by atoms with Crippen LogP contribution in [0.25, 0.3) is 0 Å². The van der Waals surface area contributed by atoms with Crippen LogP contribution in [-0.2, 0) is 4.79 Å². The zero-order chi connectivity index (χ0) is 16.4. The maximum absolute atomic E-state index is 12.5. The van der Waals surface area contributed by atoms with Crippen molar-refractivity contribution in [3.05, 3.63) is 11.2 Å². The van der Waals surface area contributed by atoms with E-state index >= 15 is 0 Å². The van der Waals surface area contributed by atoms with Crippen molar-refractivity contribution in [3.8, 4) is 0 Å². The Balaban J connectivity index is 1.51. The molecule has 0 radical (unpaired) electrons. The summed E-state index contributed by atoms with van der Waals surface area (Å²) >= 11 is 5.80. The minimum Gasteiger partial charge on any atom is -0.370 e. The van der Waals surface area contributed by atoms with Gasteiger partial charge in [0.1, 0.15) is 16.5 Å². The molecule has 4 N–H and O–H groups in total. The van der Waals surface area contributed by atoms with Crippen LogP contribution in [0, 0.1) is 0 Å². The number of nitrogens with zero attached hydrogens (tertiary/aromatic N) is 3. The molecule has 1 saturated carbocycles. The van der Waals surface area contributed by atoms with Gasteiger partial charge in [-0.05, 0) is 19.3 Å². The Morgan fingerprint density at radius 3 is 2.78 bits per heavy atom. The monoisotopic (exact) mass is 338 g/mol. The molecule has 3 amide bonds. The lowest BCUT2D eigenvalue weighted by Crippen LogP contribution is -2.44. The summed E-state index contributed by atoms with van der Waals surface area (Å²) in [6.45, 7) is 0.907. The number of nitrogens with two attached hydrogens (primary N) is 1. The number of aromatic nitrogens is 2. The summed E-state index contributed by atoms with van der Waals surface area (Å²) in [6.07, 6.45) is 4.06.